The molecule has 0 aliphatic carbocycles. The normalized spacial score (nSPS) is 12.8. The van der Waals surface area contributed by atoms with Crippen LogP contribution < -0.4 is 10.6 Å². The largest absolute Gasteiger partial charge is 0.418 e. The van der Waals surface area contributed by atoms with E-state index in [2.05, 4.69) is 10.6 Å². The second-order valence-electron chi connectivity index (χ2n) is 8.06. The number of fused-ring (bicyclic) bond motifs is 1. The third-order valence-electron chi connectivity index (χ3n) is 5.51. The van der Waals surface area contributed by atoms with Crippen molar-refractivity contribution >= 4 is 43.9 Å². The van der Waals surface area contributed by atoms with E-state index < -0.39 is 38.4 Å². The first-order chi connectivity index (χ1) is 17.2. The number of hydrogen-bond acceptors (Lipinski definition) is 4. The minimum absolute atomic E-state index is 0.0650. The van der Waals surface area contributed by atoms with Crippen LogP contribution in [0.5, 0.6) is 0 Å². The first-order valence-corrected chi connectivity index (χ1v) is 12.4. The quantitative estimate of drug-likeness (QED) is 0.248. The molecule has 0 aliphatic heterocycles. The Hall–Kier alpha value is -3.22. The molecule has 196 valence electrons. The number of halogens is 7. The van der Waals surface area contributed by atoms with Gasteiger partial charge in [-0.15, -0.1) is 0 Å². The van der Waals surface area contributed by atoms with Gasteiger partial charge in [0.15, 0.2) is 0 Å². The van der Waals surface area contributed by atoms with Crippen LogP contribution in [0.15, 0.2) is 71.8 Å². The van der Waals surface area contributed by atoms with E-state index in [0.29, 0.717) is 17.0 Å². The van der Waals surface area contributed by atoms with E-state index in [4.69, 9.17) is 11.6 Å². The topological polar surface area (TPSA) is 63.1 Å². The molecule has 13 heteroatoms. The highest BCUT2D eigenvalue weighted by Crippen LogP contribution is 2.39. The van der Waals surface area contributed by atoms with Gasteiger partial charge in [0.1, 0.15) is 0 Å². The molecule has 0 spiro atoms. The van der Waals surface area contributed by atoms with Crippen molar-refractivity contribution in [3.8, 4) is 0 Å². The number of anilines is 2. The molecule has 0 amide bonds. The summed E-state index contributed by atoms with van der Waals surface area (Å²) in [7, 11) is -2.88. The van der Waals surface area contributed by atoms with Crippen molar-refractivity contribution in [1.29, 1.82) is 0 Å². The summed E-state index contributed by atoms with van der Waals surface area (Å²) in [5.41, 5.74) is -1.77. The molecule has 0 radical (unpaired) electrons. The van der Waals surface area contributed by atoms with E-state index in [-0.39, 0.29) is 28.5 Å². The zero-order valence-electron chi connectivity index (χ0n) is 18.9. The van der Waals surface area contributed by atoms with E-state index >= 15 is 0 Å². The Bertz CT molecular complexity index is 1580. The zero-order valence-corrected chi connectivity index (χ0v) is 20.4. The Balaban J connectivity index is 1.86. The predicted molar refractivity (Wildman–Crippen MR) is 128 cm³/mol. The molecular formula is C24H18ClF6N3O2S. The molecule has 0 fully saturated rings. The zero-order chi connectivity index (χ0) is 27.2. The van der Waals surface area contributed by atoms with Gasteiger partial charge in [0.25, 0.3) is 10.0 Å². The molecule has 37 heavy (non-hydrogen) atoms. The minimum Gasteiger partial charge on any atom is -0.355 e. The van der Waals surface area contributed by atoms with Crippen molar-refractivity contribution in [3.63, 3.8) is 0 Å². The molecule has 2 N–H and O–H groups in total. The summed E-state index contributed by atoms with van der Waals surface area (Å²) in [5, 5.41) is 5.85. The van der Waals surface area contributed by atoms with Crippen molar-refractivity contribution in [2.45, 2.75) is 23.8 Å². The van der Waals surface area contributed by atoms with Crippen LogP contribution in [0, 0.1) is 0 Å². The predicted octanol–water partition coefficient (Wildman–Crippen LogP) is 7.03. The Labute approximate surface area is 212 Å². The average Bonchev–Trinajstić information content (AvgIpc) is 3.18. The van der Waals surface area contributed by atoms with Crippen LogP contribution in [0.4, 0.5) is 37.7 Å². The summed E-state index contributed by atoms with van der Waals surface area (Å²) in [6, 6.07) is 10.8. The molecule has 0 unspecified atom stereocenters. The van der Waals surface area contributed by atoms with Crippen LogP contribution in [0.3, 0.4) is 0 Å². The Kier molecular flexibility index (Phi) is 6.95. The number of rotatable bonds is 6. The fourth-order valence-electron chi connectivity index (χ4n) is 3.84. The maximum atomic E-state index is 13.5. The van der Waals surface area contributed by atoms with Gasteiger partial charge in [-0.25, -0.2) is 12.4 Å². The lowest BCUT2D eigenvalue weighted by molar-refractivity contribution is -0.138. The van der Waals surface area contributed by atoms with Crippen LogP contribution in [0.1, 0.15) is 16.7 Å². The molecule has 0 saturated heterocycles. The third kappa shape index (κ3) is 5.41. The summed E-state index contributed by atoms with van der Waals surface area (Å²) in [5.74, 6) is 0. The summed E-state index contributed by atoms with van der Waals surface area (Å²) >= 11 is 5.73. The van der Waals surface area contributed by atoms with Gasteiger partial charge in [-0.1, -0.05) is 23.7 Å². The second kappa shape index (κ2) is 9.58. The van der Waals surface area contributed by atoms with Gasteiger partial charge in [-0.05, 0) is 61.1 Å². The standard InChI is InChI=1S/C24H18ClF6N3O2S/c1-32-12-14-13-34(37(35,36)18-4-2-3-15(9-18)23(26,27)28)22-11-17(6-7-19(14)22)33-21-8-5-16(25)10-20(21)24(29,30)31/h2-11,13,32-33H,12H2,1H3. The molecule has 0 bridgehead atoms. The summed E-state index contributed by atoms with van der Waals surface area (Å²) in [6.07, 6.45) is -8.21. The second-order valence-corrected chi connectivity index (χ2v) is 10.3. The summed E-state index contributed by atoms with van der Waals surface area (Å²) < 4.78 is 108. The van der Waals surface area contributed by atoms with E-state index in [0.717, 1.165) is 34.3 Å². The molecule has 4 rings (SSSR count). The number of nitrogens with one attached hydrogen (secondary N) is 2. The number of hydrogen-bond donors (Lipinski definition) is 2. The van der Waals surface area contributed by atoms with Gasteiger partial charge >= 0.3 is 12.4 Å². The third-order valence-corrected chi connectivity index (χ3v) is 7.41. The average molecular weight is 562 g/mol. The number of alkyl halides is 6. The molecule has 0 aliphatic rings. The number of aromatic nitrogens is 1. The van der Waals surface area contributed by atoms with Gasteiger partial charge in [0.2, 0.25) is 0 Å². The first kappa shape index (κ1) is 26.8. The first-order valence-electron chi connectivity index (χ1n) is 10.6. The van der Waals surface area contributed by atoms with Gasteiger partial charge in [0.05, 0.1) is 27.2 Å². The van der Waals surface area contributed by atoms with Crippen LogP contribution in [0.2, 0.25) is 5.02 Å². The lowest BCUT2D eigenvalue weighted by Crippen LogP contribution is -2.14. The highest BCUT2D eigenvalue weighted by atomic mass is 35.5. The van der Waals surface area contributed by atoms with Gasteiger partial charge in [-0.2, -0.15) is 26.3 Å². The molecule has 1 aromatic heterocycles. The molecule has 0 saturated carbocycles. The smallest absolute Gasteiger partial charge is 0.355 e. The monoisotopic (exact) mass is 561 g/mol. The van der Waals surface area contributed by atoms with E-state index in [1.165, 1.54) is 30.5 Å². The molecular weight excluding hydrogens is 544 g/mol. The maximum absolute atomic E-state index is 13.5. The van der Waals surface area contributed by atoms with Crippen LogP contribution in [0.25, 0.3) is 10.9 Å². The molecule has 0 atom stereocenters. The lowest BCUT2D eigenvalue weighted by atomic mass is 10.1. The van der Waals surface area contributed by atoms with Crippen molar-refractivity contribution in [1.82, 2.24) is 9.29 Å². The fourth-order valence-corrected chi connectivity index (χ4v) is 5.44. The highest BCUT2D eigenvalue weighted by molar-refractivity contribution is 7.90. The van der Waals surface area contributed by atoms with Gasteiger partial charge in [-0.3, -0.25) is 0 Å². The molecule has 4 aromatic rings. The molecule has 5 nitrogen and oxygen atoms in total. The highest BCUT2D eigenvalue weighted by Gasteiger charge is 2.34. The van der Waals surface area contributed by atoms with E-state index in [1.807, 2.05) is 0 Å². The maximum Gasteiger partial charge on any atom is 0.418 e. The van der Waals surface area contributed by atoms with E-state index in [9.17, 15) is 34.8 Å². The Morgan fingerprint density at radius 1 is 0.919 bits per heavy atom. The Morgan fingerprint density at radius 3 is 2.30 bits per heavy atom. The van der Waals surface area contributed by atoms with Crippen molar-refractivity contribution in [2.75, 3.05) is 12.4 Å². The molecule has 3 aromatic carbocycles. The summed E-state index contributed by atoms with van der Waals surface area (Å²) in [4.78, 5) is -0.592. The number of benzene rings is 3. The SMILES string of the molecule is CNCc1cn(S(=O)(=O)c2cccc(C(F)(F)F)c2)c2cc(Nc3ccc(Cl)cc3C(F)(F)F)ccc12. The van der Waals surface area contributed by atoms with Crippen molar-refractivity contribution in [3.05, 3.63) is 88.6 Å². The molecule has 1 heterocycles. The van der Waals surface area contributed by atoms with Gasteiger partial charge < -0.3 is 10.6 Å². The number of nitrogens with zero attached hydrogens (tertiary/aromatic N) is 1. The minimum atomic E-state index is -4.76. The van der Waals surface area contributed by atoms with Crippen molar-refractivity contribution < 1.29 is 34.8 Å². The van der Waals surface area contributed by atoms with Gasteiger partial charge in [0, 0.05) is 28.8 Å². The van der Waals surface area contributed by atoms with Crippen molar-refractivity contribution in [2.24, 2.45) is 0 Å². The van der Waals surface area contributed by atoms with Crippen LogP contribution in [-0.2, 0) is 28.9 Å². The fraction of sp³-hybridized carbons (Fsp3) is 0.167. The van der Waals surface area contributed by atoms with E-state index in [1.54, 1.807) is 7.05 Å². The van der Waals surface area contributed by atoms with Crippen LogP contribution in [-0.4, -0.2) is 19.4 Å². The Morgan fingerprint density at radius 2 is 1.65 bits per heavy atom. The lowest BCUT2D eigenvalue weighted by Gasteiger charge is -2.15. The summed E-state index contributed by atoms with van der Waals surface area (Å²) in [6.45, 7) is 0.226. The van der Waals surface area contributed by atoms with Crippen LogP contribution >= 0.6 is 11.6 Å².